The average molecular weight is 286 g/mol. The van der Waals surface area contributed by atoms with E-state index >= 15 is 0 Å². The SMILES string of the molecule is CC(C)OC(=O)C1(C(=O)O)C=CC=C(c2ccccc2)C1. The number of rotatable bonds is 4. The Morgan fingerprint density at radius 3 is 2.48 bits per heavy atom. The van der Waals surface area contributed by atoms with Crippen LogP contribution in [-0.2, 0) is 14.3 Å². The predicted octanol–water partition coefficient (Wildman–Crippen LogP) is 3.05. The lowest BCUT2D eigenvalue weighted by atomic mass is 9.76. The number of allylic oxidation sites excluding steroid dienone is 3. The zero-order valence-corrected chi connectivity index (χ0v) is 12.1. The minimum atomic E-state index is -1.65. The van der Waals surface area contributed by atoms with Crippen LogP contribution in [0.4, 0.5) is 0 Å². The van der Waals surface area contributed by atoms with Crippen molar-refractivity contribution in [3.05, 3.63) is 54.1 Å². The molecule has 0 heterocycles. The molecule has 0 aromatic heterocycles. The van der Waals surface area contributed by atoms with E-state index in [1.54, 1.807) is 19.9 Å². The fourth-order valence-electron chi connectivity index (χ4n) is 2.29. The highest BCUT2D eigenvalue weighted by Gasteiger charge is 2.47. The number of carbonyl (C=O) groups is 2. The van der Waals surface area contributed by atoms with Crippen LogP contribution >= 0.6 is 0 Å². The average Bonchev–Trinajstić information content (AvgIpc) is 2.47. The van der Waals surface area contributed by atoms with E-state index in [0.29, 0.717) is 0 Å². The molecule has 0 saturated carbocycles. The van der Waals surface area contributed by atoms with E-state index in [9.17, 15) is 14.7 Å². The Hall–Kier alpha value is -2.36. The summed E-state index contributed by atoms with van der Waals surface area (Å²) in [5, 5.41) is 9.56. The molecule has 1 unspecified atom stereocenters. The molecule has 1 aliphatic carbocycles. The van der Waals surface area contributed by atoms with Gasteiger partial charge in [-0.15, -0.1) is 0 Å². The van der Waals surface area contributed by atoms with Gasteiger partial charge in [0.25, 0.3) is 0 Å². The number of ether oxygens (including phenoxy) is 1. The maximum absolute atomic E-state index is 12.3. The standard InChI is InChI=1S/C17H18O4/c1-12(2)21-16(20)17(15(18)19)10-6-9-14(11-17)13-7-4-3-5-8-13/h3-10,12H,11H2,1-2H3,(H,18,19). The van der Waals surface area contributed by atoms with Crippen LogP contribution < -0.4 is 0 Å². The smallest absolute Gasteiger partial charge is 0.328 e. The van der Waals surface area contributed by atoms with Crippen LogP contribution in [0.3, 0.4) is 0 Å². The maximum Gasteiger partial charge on any atom is 0.328 e. The second kappa shape index (κ2) is 5.95. The van der Waals surface area contributed by atoms with Crippen molar-refractivity contribution in [3.63, 3.8) is 0 Å². The van der Waals surface area contributed by atoms with E-state index in [1.165, 1.54) is 6.08 Å². The molecule has 21 heavy (non-hydrogen) atoms. The van der Waals surface area contributed by atoms with E-state index in [0.717, 1.165) is 11.1 Å². The molecule has 1 N–H and O–H groups in total. The summed E-state index contributed by atoms with van der Waals surface area (Å²) < 4.78 is 5.14. The Morgan fingerprint density at radius 1 is 1.24 bits per heavy atom. The van der Waals surface area contributed by atoms with Crippen molar-refractivity contribution in [2.75, 3.05) is 0 Å². The van der Waals surface area contributed by atoms with Crippen LogP contribution in [0.25, 0.3) is 5.57 Å². The third kappa shape index (κ3) is 3.05. The molecule has 0 aliphatic heterocycles. The summed E-state index contributed by atoms with van der Waals surface area (Å²) in [7, 11) is 0. The first-order valence-corrected chi connectivity index (χ1v) is 6.84. The lowest BCUT2D eigenvalue weighted by Gasteiger charge is -2.28. The topological polar surface area (TPSA) is 63.6 Å². The molecular weight excluding hydrogens is 268 g/mol. The Morgan fingerprint density at radius 2 is 1.90 bits per heavy atom. The van der Waals surface area contributed by atoms with Crippen molar-refractivity contribution in [1.82, 2.24) is 0 Å². The summed E-state index contributed by atoms with van der Waals surface area (Å²) in [6.07, 6.45) is 4.59. The van der Waals surface area contributed by atoms with E-state index in [1.807, 2.05) is 36.4 Å². The molecule has 4 nitrogen and oxygen atoms in total. The Bertz CT molecular complexity index is 598. The lowest BCUT2D eigenvalue weighted by Crippen LogP contribution is -2.41. The third-order valence-corrected chi connectivity index (χ3v) is 3.38. The van der Waals surface area contributed by atoms with Gasteiger partial charge in [0.05, 0.1) is 6.10 Å². The molecule has 1 atom stereocenters. The molecule has 2 rings (SSSR count). The molecule has 1 aromatic rings. The molecule has 4 heteroatoms. The van der Waals surface area contributed by atoms with Crippen molar-refractivity contribution in [2.24, 2.45) is 5.41 Å². The molecule has 0 radical (unpaired) electrons. The van der Waals surface area contributed by atoms with E-state index in [-0.39, 0.29) is 12.5 Å². The summed E-state index contributed by atoms with van der Waals surface area (Å²) >= 11 is 0. The van der Waals surface area contributed by atoms with Gasteiger partial charge in [0.1, 0.15) is 0 Å². The van der Waals surface area contributed by atoms with Crippen molar-refractivity contribution >= 4 is 17.5 Å². The molecule has 1 aromatic carbocycles. The van der Waals surface area contributed by atoms with Crippen LogP contribution in [0.2, 0.25) is 0 Å². The molecule has 0 amide bonds. The summed E-state index contributed by atoms with van der Waals surface area (Å²) in [5.41, 5.74) is 0.0653. The van der Waals surface area contributed by atoms with Gasteiger partial charge in [0, 0.05) is 6.42 Å². The van der Waals surface area contributed by atoms with Crippen LogP contribution in [0, 0.1) is 5.41 Å². The fraction of sp³-hybridized carbons (Fsp3) is 0.294. The second-order valence-corrected chi connectivity index (χ2v) is 5.32. The second-order valence-electron chi connectivity index (χ2n) is 5.32. The van der Waals surface area contributed by atoms with Gasteiger partial charge in [0.2, 0.25) is 0 Å². The first kappa shape index (κ1) is 15.0. The third-order valence-electron chi connectivity index (χ3n) is 3.38. The Kier molecular flexibility index (Phi) is 4.26. The number of carboxylic acids is 1. The van der Waals surface area contributed by atoms with Gasteiger partial charge < -0.3 is 9.84 Å². The van der Waals surface area contributed by atoms with Crippen LogP contribution in [-0.4, -0.2) is 23.1 Å². The highest BCUT2D eigenvalue weighted by Crippen LogP contribution is 2.38. The number of benzene rings is 1. The number of carbonyl (C=O) groups excluding carboxylic acids is 1. The fourth-order valence-corrected chi connectivity index (χ4v) is 2.29. The Labute approximate surface area is 123 Å². The molecule has 0 fully saturated rings. The van der Waals surface area contributed by atoms with Gasteiger partial charge in [-0.25, -0.2) is 0 Å². The zero-order chi connectivity index (χ0) is 15.5. The highest BCUT2D eigenvalue weighted by atomic mass is 16.5. The minimum absolute atomic E-state index is 0.0917. The molecular formula is C17H18O4. The van der Waals surface area contributed by atoms with Gasteiger partial charge >= 0.3 is 11.9 Å². The number of hydrogen-bond donors (Lipinski definition) is 1. The quantitative estimate of drug-likeness (QED) is 0.682. The first-order chi connectivity index (χ1) is 9.95. The zero-order valence-electron chi connectivity index (χ0n) is 12.1. The van der Waals surface area contributed by atoms with Crippen LogP contribution in [0.15, 0.2) is 48.6 Å². The van der Waals surface area contributed by atoms with Crippen molar-refractivity contribution < 1.29 is 19.4 Å². The van der Waals surface area contributed by atoms with Crippen molar-refractivity contribution in [1.29, 1.82) is 0 Å². The summed E-state index contributed by atoms with van der Waals surface area (Å²) in [5.74, 6) is -1.91. The van der Waals surface area contributed by atoms with E-state index in [4.69, 9.17) is 4.74 Å². The first-order valence-electron chi connectivity index (χ1n) is 6.84. The number of carboxylic acid groups (broad SMARTS) is 1. The van der Waals surface area contributed by atoms with Crippen LogP contribution in [0.1, 0.15) is 25.8 Å². The lowest BCUT2D eigenvalue weighted by molar-refractivity contribution is -0.167. The van der Waals surface area contributed by atoms with Crippen molar-refractivity contribution in [2.45, 2.75) is 26.4 Å². The maximum atomic E-state index is 12.3. The summed E-state index contributed by atoms with van der Waals surface area (Å²) in [4.78, 5) is 24.0. The predicted molar refractivity (Wildman–Crippen MR) is 79.5 cm³/mol. The summed E-state index contributed by atoms with van der Waals surface area (Å²) in [6.45, 7) is 3.40. The van der Waals surface area contributed by atoms with Gasteiger partial charge in [-0.05, 0) is 25.0 Å². The molecule has 110 valence electrons. The van der Waals surface area contributed by atoms with Gasteiger partial charge in [0.15, 0.2) is 5.41 Å². The molecule has 0 bridgehead atoms. The molecule has 0 spiro atoms. The highest BCUT2D eigenvalue weighted by molar-refractivity contribution is 6.04. The van der Waals surface area contributed by atoms with Crippen molar-refractivity contribution in [3.8, 4) is 0 Å². The van der Waals surface area contributed by atoms with E-state index < -0.39 is 17.4 Å². The van der Waals surface area contributed by atoms with Gasteiger partial charge in [-0.1, -0.05) is 48.6 Å². The monoisotopic (exact) mass is 286 g/mol. The van der Waals surface area contributed by atoms with Gasteiger partial charge in [-0.3, -0.25) is 9.59 Å². The van der Waals surface area contributed by atoms with E-state index in [2.05, 4.69) is 0 Å². The molecule has 1 aliphatic rings. The Balaban J connectivity index is 2.34. The van der Waals surface area contributed by atoms with Gasteiger partial charge in [-0.2, -0.15) is 0 Å². The minimum Gasteiger partial charge on any atom is -0.480 e. The number of aliphatic carboxylic acids is 1. The van der Waals surface area contributed by atoms with Crippen LogP contribution in [0.5, 0.6) is 0 Å². The normalized spacial score (nSPS) is 21.0. The largest absolute Gasteiger partial charge is 0.480 e. The number of esters is 1. The summed E-state index contributed by atoms with van der Waals surface area (Å²) in [6, 6.07) is 9.43. The molecule has 0 saturated heterocycles. The number of hydrogen-bond acceptors (Lipinski definition) is 3.